The van der Waals surface area contributed by atoms with Crippen LogP contribution in [0.2, 0.25) is 0 Å². The van der Waals surface area contributed by atoms with Crippen molar-refractivity contribution < 1.29 is 9.21 Å². The first-order chi connectivity index (χ1) is 11.6. The molecule has 0 bridgehead atoms. The van der Waals surface area contributed by atoms with Crippen LogP contribution in [-0.2, 0) is 0 Å². The number of amides is 1. The van der Waals surface area contributed by atoms with Crippen LogP contribution in [-0.4, -0.2) is 21.9 Å². The van der Waals surface area contributed by atoms with Crippen molar-refractivity contribution in [1.82, 2.24) is 10.2 Å². The number of nitrogens with one attached hydrogen (secondary N) is 1. The fraction of sp³-hybridized carbons (Fsp3) is 0.0667. The Kier molecular flexibility index (Phi) is 5.12. The molecule has 1 N–H and O–H groups in total. The Morgan fingerprint density at radius 2 is 2.25 bits per heavy atom. The molecule has 0 fully saturated rings. The molecule has 1 amide bonds. The molecule has 122 valence electrons. The van der Waals surface area contributed by atoms with Gasteiger partial charge in [0.15, 0.2) is 15.5 Å². The normalized spacial score (nSPS) is 10.7. The highest BCUT2D eigenvalue weighted by atomic mass is 79.9. The molecule has 2 aromatic heterocycles. The molecule has 3 aromatic rings. The summed E-state index contributed by atoms with van der Waals surface area (Å²) in [6, 6.07) is 6.18. The highest BCUT2D eigenvalue weighted by Crippen LogP contribution is 2.26. The molecule has 0 unspecified atom stereocenters. The monoisotopic (exact) mass is 423 g/mol. The van der Waals surface area contributed by atoms with E-state index in [-0.39, 0.29) is 11.2 Å². The lowest BCUT2D eigenvalue weighted by molar-refractivity contribution is 0.0997. The average molecular weight is 424 g/mol. The van der Waals surface area contributed by atoms with E-state index in [9.17, 15) is 9.59 Å². The first-order valence-corrected chi connectivity index (χ1v) is 9.28. The smallest absolute Gasteiger partial charge is 0.293 e. The van der Waals surface area contributed by atoms with Gasteiger partial charge in [-0.1, -0.05) is 45.1 Å². The lowest BCUT2D eigenvalue weighted by atomic mass is 10.2. The van der Waals surface area contributed by atoms with E-state index in [4.69, 9.17) is 4.42 Å². The number of carbonyl (C=O) groups excluding carboxylic acids is 1. The van der Waals surface area contributed by atoms with E-state index < -0.39 is 5.91 Å². The summed E-state index contributed by atoms with van der Waals surface area (Å²) in [7, 11) is 0. The van der Waals surface area contributed by atoms with Gasteiger partial charge in [0, 0.05) is 16.3 Å². The van der Waals surface area contributed by atoms with Gasteiger partial charge in [0.25, 0.3) is 5.91 Å². The van der Waals surface area contributed by atoms with Gasteiger partial charge in [-0.2, -0.15) is 0 Å². The Bertz CT molecular complexity index is 983. The van der Waals surface area contributed by atoms with Crippen molar-refractivity contribution in [1.29, 1.82) is 0 Å². The number of thioether (sulfide) groups is 1. The molecule has 0 atom stereocenters. The molecule has 3 rings (SSSR count). The summed E-state index contributed by atoms with van der Waals surface area (Å²) < 4.78 is 6.99. The number of anilines is 1. The van der Waals surface area contributed by atoms with Crippen molar-refractivity contribution in [2.24, 2.45) is 0 Å². The molecule has 0 aliphatic heterocycles. The molecule has 0 radical (unpaired) electrons. The van der Waals surface area contributed by atoms with Gasteiger partial charge >= 0.3 is 0 Å². The Balaban J connectivity index is 1.83. The minimum atomic E-state index is -0.548. The van der Waals surface area contributed by atoms with Crippen molar-refractivity contribution in [3.8, 4) is 0 Å². The van der Waals surface area contributed by atoms with E-state index in [1.807, 2.05) is 0 Å². The maximum absolute atomic E-state index is 12.3. The predicted octanol–water partition coefficient (Wildman–Crippen LogP) is 3.94. The topological polar surface area (TPSA) is 85.1 Å². The minimum Gasteiger partial charge on any atom is -0.451 e. The fourth-order valence-corrected chi connectivity index (χ4v) is 3.72. The quantitative estimate of drug-likeness (QED) is 0.380. The average Bonchev–Trinajstić information content (AvgIpc) is 3.00. The Morgan fingerprint density at radius 3 is 3.04 bits per heavy atom. The third kappa shape index (κ3) is 3.74. The van der Waals surface area contributed by atoms with E-state index in [1.165, 1.54) is 29.2 Å². The number of aromatic nitrogens is 2. The first kappa shape index (κ1) is 16.9. The summed E-state index contributed by atoms with van der Waals surface area (Å²) >= 11 is 6.00. The van der Waals surface area contributed by atoms with Crippen LogP contribution < -0.4 is 10.7 Å². The molecule has 0 spiro atoms. The van der Waals surface area contributed by atoms with Gasteiger partial charge in [0.2, 0.25) is 5.13 Å². The lowest BCUT2D eigenvalue weighted by Gasteiger charge is -2.02. The summed E-state index contributed by atoms with van der Waals surface area (Å²) in [5.74, 6) is 0.0798. The largest absolute Gasteiger partial charge is 0.451 e. The number of fused-ring (bicyclic) bond motifs is 1. The van der Waals surface area contributed by atoms with Crippen LogP contribution in [0, 0.1) is 0 Å². The van der Waals surface area contributed by atoms with Crippen LogP contribution >= 0.6 is 39.0 Å². The third-order valence-corrected chi connectivity index (χ3v) is 5.33. The molecule has 6 nitrogen and oxygen atoms in total. The number of benzene rings is 1. The minimum absolute atomic E-state index is 0.0784. The number of rotatable bonds is 5. The zero-order valence-corrected chi connectivity index (χ0v) is 15.3. The molecule has 24 heavy (non-hydrogen) atoms. The van der Waals surface area contributed by atoms with Crippen molar-refractivity contribution >= 4 is 61.0 Å². The van der Waals surface area contributed by atoms with Gasteiger partial charge < -0.3 is 4.42 Å². The Hall–Kier alpha value is -1.97. The SMILES string of the molecule is C=CCSc1nnc(NC(=O)c2cc(=O)c3cc(Br)ccc3o2)s1. The van der Waals surface area contributed by atoms with Crippen LogP contribution in [0.15, 0.2) is 54.9 Å². The maximum atomic E-state index is 12.3. The van der Waals surface area contributed by atoms with E-state index in [0.29, 0.717) is 21.9 Å². The van der Waals surface area contributed by atoms with Crippen molar-refractivity contribution in [2.75, 3.05) is 11.1 Å². The molecule has 0 aliphatic carbocycles. The number of carbonyl (C=O) groups is 1. The standard InChI is InChI=1S/C15H10BrN3O3S2/c1-2-5-23-15-19-18-14(24-15)17-13(21)12-7-10(20)9-6-8(16)3-4-11(9)22-12/h2-4,6-7H,1,5H2,(H,17,18,21). The Morgan fingerprint density at radius 1 is 1.42 bits per heavy atom. The highest BCUT2D eigenvalue weighted by molar-refractivity contribution is 9.10. The van der Waals surface area contributed by atoms with Gasteiger partial charge in [0.1, 0.15) is 5.58 Å². The summed E-state index contributed by atoms with van der Waals surface area (Å²) in [5, 5.41) is 11.2. The highest BCUT2D eigenvalue weighted by Gasteiger charge is 2.15. The number of hydrogen-bond acceptors (Lipinski definition) is 7. The van der Waals surface area contributed by atoms with E-state index in [0.717, 1.165) is 8.81 Å². The molecular weight excluding hydrogens is 414 g/mol. The van der Waals surface area contributed by atoms with Gasteiger partial charge in [-0.15, -0.1) is 16.8 Å². The molecule has 9 heteroatoms. The van der Waals surface area contributed by atoms with Crippen LogP contribution in [0.5, 0.6) is 0 Å². The van der Waals surface area contributed by atoms with Crippen molar-refractivity contribution in [2.45, 2.75) is 4.34 Å². The van der Waals surface area contributed by atoms with Crippen LogP contribution in [0.1, 0.15) is 10.6 Å². The number of hydrogen-bond donors (Lipinski definition) is 1. The Labute approximate surface area is 153 Å². The zero-order chi connectivity index (χ0) is 17.1. The number of halogens is 1. The van der Waals surface area contributed by atoms with Gasteiger partial charge in [0.05, 0.1) is 5.39 Å². The predicted molar refractivity (Wildman–Crippen MR) is 99.0 cm³/mol. The summed E-state index contributed by atoms with van der Waals surface area (Å²) in [5.41, 5.74) is 0.0533. The second-order valence-corrected chi connectivity index (χ2v) is 7.70. The summed E-state index contributed by atoms with van der Waals surface area (Å²) in [6.45, 7) is 3.63. The molecule has 2 heterocycles. The second-order valence-electron chi connectivity index (χ2n) is 4.54. The first-order valence-electron chi connectivity index (χ1n) is 6.69. The van der Waals surface area contributed by atoms with Gasteiger partial charge in [-0.05, 0) is 18.2 Å². The maximum Gasteiger partial charge on any atom is 0.293 e. The van der Waals surface area contributed by atoms with E-state index >= 15 is 0 Å². The molecule has 0 aliphatic rings. The number of nitrogens with zero attached hydrogens (tertiary/aromatic N) is 2. The van der Waals surface area contributed by atoms with Crippen molar-refractivity contribution in [3.63, 3.8) is 0 Å². The van der Waals surface area contributed by atoms with Crippen LogP contribution in [0.25, 0.3) is 11.0 Å². The van der Waals surface area contributed by atoms with E-state index in [2.05, 4.69) is 38.0 Å². The summed E-state index contributed by atoms with van der Waals surface area (Å²) in [4.78, 5) is 24.4. The van der Waals surface area contributed by atoms with Crippen LogP contribution in [0.3, 0.4) is 0 Å². The molecule has 0 saturated heterocycles. The van der Waals surface area contributed by atoms with Crippen molar-refractivity contribution in [3.05, 3.63) is 57.4 Å². The summed E-state index contributed by atoms with van der Waals surface area (Å²) in [6.07, 6.45) is 1.76. The van der Waals surface area contributed by atoms with Gasteiger partial charge in [-0.3, -0.25) is 14.9 Å². The van der Waals surface area contributed by atoms with Gasteiger partial charge in [-0.25, -0.2) is 0 Å². The lowest BCUT2D eigenvalue weighted by Crippen LogP contribution is -2.14. The fourth-order valence-electron chi connectivity index (χ4n) is 1.85. The molecule has 1 aromatic carbocycles. The van der Waals surface area contributed by atoms with E-state index in [1.54, 1.807) is 24.3 Å². The van der Waals surface area contributed by atoms with Crippen LogP contribution in [0.4, 0.5) is 5.13 Å². The molecular formula is C15H10BrN3O3S2. The zero-order valence-electron chi connectivity index (χ0n) is 12.1. The molecule has 0 saturated carbocycles. The second kappa shape index (κ2) is 7.29. The third-order valence-electron chi connectivity index (χ3n) is 2.86.